The molecule has 8 aromatic rings. The average Bonchev–Trinajstić information content (AvgIpc) is 3.54. The second-order valence-corrected chi connectivity index (χ2v) is 14.9. The van der Waals surface area contributed by atoms with Crippen LogP contribution < -0.4 is 9.80 Å². The molecule has 2 heteroatoms. The highest BCUT2D eigenvalue weighted by Crippen LogP contribution is 2.62. The van der Waals surface area contributed by atoms with Gasteiger partial charge >= 0.3 is 0 Å². The molecule has 3 aliphatic rings. The maximum Gasteiger partial charge on any atom is 0.0754 e. The van der Waals surface area contributed by atoms with Crippen molar-refractivity contribution in [2.45, 2.75) is 10.8 Å². The highest BCUT2D eigenvalue weighted by atomic mass is 15.1. The summed E-state index contributed by atoms with van der Waals surface area (Å²) < 4.78 is 0. The standard InChI is InChI=1S/C52H38N2/c1-53-47-27-15-13-25-43(47)51(37-17-5-3-6-18-37,38-19-7-4-8-20-38)45-31-29-35(33-49(45)53)36-30-32-46-50(34-36)54(2)48-28-16-14-26-44(48)52(46)41-23-11-9-21-39(41)40-22-10-12-24-42(40)52/h3-34H,1-2H3. The van der Waals surface area contributed by atoms with Crippen molar-refractivity contribution < 1.29 is 0 Å². The van der Waals surface area contributed by atoms with Crippen molar-refractivity contribution in [3.05, 3.63) is 239 Å². The van der Waals surface area contributed by atoms with Crippen molar-refractivity contribution in [1.29, 1.82) is 0 Å². The van der Waals surface area contributed by atoms with Crippen LogP contribution in [0, 0.1) is 0 Å². The molecule has 0 atom stereocenters. The van der Waals surface area contributed by atoms with Crippen molar-refractivity contribution in [3.63, 3.8) is 0 Å². The quantitative estimate of drug-likeness (QED) is 0.182. The molecule has 0 bridgehead atoms. The third-order valence-electron chi connectivity index (χ3n) is 12.6. The van der Waals surface area contributed by atoms with Crippen LogP contribution in [0.3, 0.4) is 0 Å². The number of anilines is 4. The summed E-state index contributed by atoms with van der Waals surface area (Å²) in [6.45, 7) is 0. The van der Waals surface area contributed by atoms with E-state index < -0.39 is 10.8 Å². The summed E-state index contributed by atoms with van der Waals surface area (Å²) in [6, 6.07) is 72.4. The summed E-state index contributed by atoms with van der Waals surface area (Å²) in [7, 11) is 4.45. The molecule has 1 aliphatic carbocycles. The van der Waals surface area contributed by atoms with Gasteiger partial charge in [0.15, 0.2) is 0 Å². The Morgan fingerprint density at radius 2 is 0.648 bits per heavy atom. The summed E-state index contributed by atoms with van der Waals surface area (Å²) in [4.78, 5) is 4.79. The number of nitrogens with zero attached hydrogens (tertiary/aromatic N) is 2. The maximum atomic E-state index is 2.43. The van der Waals surface area contributed by atoms with Crippen LogP contribution in [0.25, 0.3) is 22.3 Å². The number of hydrogen-bond acceptors (Lipinski definition) is 2. The van der Waals surface area contributed by atoms with E-state index in [4.69, 9.17) is 0 Å². The normalized spacial score (nSPS) is 15.1. The third kappa shape index (κ3) is 3.90. The Labute approximate surface area is 317 Å². The molecule has 0 N–H and O–H groups in total. The molecule has 0 fully saturated rings. The zero-order chi connectivity index (χ0) is 36.0. The summed E-state index contributed by atoms with van der Waals surface area (Å²) in [5, 5.41) is 0. The van der Waals surface area contributed by atoms with E-state index in [2.05, 4.69) is 218 Å². The second-order valence-electron chi connectivity index (χ2n) is 14.9. The van der Waals surface area contributed by atoms with Crippen LogP contribution in [-0.4, -0.2) is 14.1 Å². The van der Waals surface area contributed by atoms with E-state index in [0.717, 1.165) is 0 Å². The Balaban J connectivity index is 1.14. The predicted octanol–water partition coefficient (Wildman–Crippen LogP) is 12.3. The van der Waals surface area contributed by atoms with Crippen LogP contribution in [0.1, 0.15) is 44.5 Å². The molecule has 0 unspecified atom stereocenters. The molecular weight excluding hydrogens is 653 g/mol. The lowest BCUT2D eigenvalue weighted by Gasteiger charge is -2.45. The molecular formula is C52H38N2. The van der Waals surface area contributed by atoms with Crippen LogP contribution in [0.4, 0.5) is 22.7 Å². The average molecular weight is 691 g/mol. The first-order chi connectivity index (χ1) is 26.6. The highest BCUT2D eigenvalue weighted by molar-refractivity contribution is 5.94. The largest absolute Gasteiger partial charge is 0.344 e. The van der Waals surface area contributed by atoms with Crippen LogP contribution >= 0.6 is 0 Å². The SMILES string of the molecule is CN1c2ccccc2C(c2ccccc2)(c2ccccc2)c2ccc(-c3ccc4c(c3)N(C)c3ccccc3C43c4ccccc4-c4ccccc43)cc21. The van der Waals surface area contributed by atoms with Gasteiger partial charge in [0.25, 0.3) is 0 Å². The molecule has 0 aromatic heterocycles. The monoisotopic (exact) mass is 690 g/mol. The number of rotatable bonds is 3. The number of hydrogen-bond donors (Lipinski definition) is 0. The van der Waals surface area contributed by atoms with Gasteiger partial charge in [-0.05, 0) is 91.0 Å². The number of para-hydroxylation sites is 2. The molecule has 2 heterocycles. The third-order valence-corrected chi connectivity index (χ3v) is 12.6. The van der Waals surface area contributed by atoms with Gasteiger partial charge in [-0.15, -0.1) is 0 Å². The number of benzene rings is 8. The maximum absolute atomic E-state index is 2.43. The van der Waals surface area contributed by atoms with Gasteiger partial charge in [0.1, 0.15) is 0 Å². The van der Waals surface area contributed by atoms with Gasteiger partial charge in [0, 0.05) is 36.8 Å². The van der Waals surface area contributed by atoms with E-state index in [0.29, 0.717) is 0 Å². The van der Waals surface area contributed by atoms with E-state index in [9.17, 15) is 0 Å². The summed E-state index contributed by atoms with van der Waals surface area (Å²) in [5.41, 5.74) is 19.5. The fourth-order valence-electron chi connectivity index (χ4n) is 10.3. The number of fused-ring (bicyclic) bond motifs is 11. The predicted molar refractivity (Wildman–Crippen MR) is 224 cm³/mol. The van der Waals surface area contributed by atoms with Crippen LogP contribution in [0.2, 0.25) is 0 Å². The molecule has 0 amide bonds. The van der Waals surface area contributed by atoms with Crippen molar-refractivity contribution >= 4 is 22.7 Å². The van der Waals surface area contributed by atoms with Crippen LogP contribution in [0.5, 0.6) is 0 Å². The van der Waals surface area contributed by atoms with Gasteiger partial charge in [-0.2, -0.15) is 0 Å². The van der Waals surface area contributed by atoms with Gasteiger partial charge < -0.3 is 9.80 Å². The van der Waals surface area contributed by atoms with Crippen molar-refractivity contribution in [2.24, 2.45) is 0 Å². The Kier molecular flexibility index (Phi) is 6.55. The van der Waals surface area contributed by atoms with E-state index >= 15 is 0 Å². The highest BCUT2D eigenvalue weighted by Gasteiger charge is 2.51. The molecule has 8 aromatic carbocycles. The molecule has 0 saturated carbocycles. The van der Waals surface area contributed by atoms with Gasteiger partial charge in [-0.25, -0.2) is 0 Å². The topological polar surface area (TPSA) is 6.48 Å². The Bertz CT molecular complexity index is 2580. The lowest BCUT2D eigenvalue weighted by atomic mass is 9.62. The first-order valence-corrected chi connectivity index (χ1v) is 18.9. The van der Waals surface area contributed by atoms with Gasteiger partial charge in [0.2, 0.25) is 0 Å². The zero-order valence-electron chi connectivity index (χ0n) is 30.4. The van der Waals surface area contributed by atoms with Gasteiger partial charge in [-0.3, -0.25) is 0 Å². The van der Waals surface area contributed by atoms with Crippen LogP contribution in [-0.2, 0) is 10.8 Å². The summed E-state index contributed by atoms with van der Waals surface area (Å²) >= 11 is 0. The lowest BCUT2D eigenvalue weighted by molar-refractivity contribution is 0.727. The van der Waals surface area contributed by atoms with E-state index in [-0.39, 0.29) is 0 Å². The minimum atomic E-state index is -0.477. The van der Waals surface area contributed by atoms with E-state index in [1.54, 1.807) is 0 Å². The fraction of sp³-hybridized carbons (Fsp3) is 0.0769. The van der Waals surface area contributed by atoms with E-state index in [1.165, 1.54) is 89.5 Å². The van der Waals surface area contributed by atoms with Crippen molar-refractivity contribution in [3.8, 4) is 22.3 Å². The van der Waals surface area contributed by atoms with Gasteiger partial charge in [-0.1, -0.05) is 170 Å². The zero-order valence-corrected chi connectivity index (χ0v) is 30.4. The van der Waals surface area contributed by atoms with Crippen LogP contribution in [0.15, 0.2) is 194 Å². The molecule has 11 rings (SSSR count). The minimum absolute atomic E-state index is 0.408. The first kappa shape index (κ1) is 30.9. The second kappa shape index (κ2) is 11.4. The molecule has 54 heavy (non-hydrogen) atoms. The smallest absolute Gasteiger partial charge is 0.0754 e. The minimum Gasteiger partial charge on any atom is -0.344 e. The molecule has 0 radical (unpaired) electrons. The summed E-state index contributed by atoms with van der Waals surface area (Å²) in [6.07, 6.45) is 0. The van der Waals surface area contributed by atoms with Crippen molar-refractivity contribution in [1.82, 2.24) is 0 Å². The summed E-state index contributed by atoms with van der Waals surface area (Å²) in [5.74, 6) is 0. The Morgan fingerprint density at radius 1 is 0.296 bits per heavy atom. The molecule has 256 valence electrons. The first-order valence-electron chi connectivity index (χ1n) is 18.9. The van der Waals surface area contributed by atoms with Gasteiger partial charge in [0.05, 0.1) is 10.8 Å². The van der Waals surface area contributed by atoms with E-state index in [1.807, 2.05) is 0 Å². The Morgan fingerprint density at radius 3 is 1.13 bits per heavy atom. The molecule has 1 spiro atoms. The Hall–Kier alpha value is -6.64. The lowest BCUT2D eigenvalue weighted by Crippen LogP contribution is -2.37. The molecule has 2 aliphatic heterocycles. The molecule has 0 saturated heterocycles. The molecule has 2 nitrogen and oxygen atoms in total. The van der Waals surface area contributed by atoms with Crippen molar-refractivity contribution in [2.75, 3.05) is 23.9 Å². The fourth-order valence-corrected chi connectivity index (χ4v) is 10.3.